The number of carbonyl (C=O) groups excluding carboxylic acids is 4. The molecule has 0 aromatic rings. The average molecular weight is 432 g/mol. The molecule has 0 aromatic heterocycles. The summed E-state index contributed by atoms with van der Waals surface area (Å²) in [6.07, 6.45) is 4.84. The van der Waals surface area contributed by atoms with Gasteiger partial charge in [0.25, 0.3) is 0 Å². The van der Waals surface area contributed by atoms with E-state index in [1.54, 1.807) is 12.2 Å². The maximum atomic E-state index is 12.5. The van der Waals surface area contributed by atoms with Gasteiger partial charge in [0, 0.05) is 18.9 Å². The van der Waals surface area contributed by atoms with Crippen molar-refractivity contribution in [1.82, 2.24) is 0 Å². The molecule has 0 N–H and O–H groups in total. The van der Waals surface area contributed by atoms with Gasteiger partial charge in [-0.3, -0.25) is 9.59 Å². The summed E-state index contributed by atoms with van der Waals surface area (Å²) in [5.74, 6) is -2.56. The van der Waals surface area contributed by atoms with Crippen LogP contribution in [0.1, 0.15) is 52.4 Å². The third-order valence-electron chi connectivity index (χ3n) is 5.62. The van der Waals surface area contributed by atoms with Gasteiger partial charge in [0.2, 0.25) is 0 Å². The van der Waals surface area contributed by atoms with Crippen LogP contribution in [0.5, 0.6) is 0 Å². The molecule has 0 radical (unpaired) electrons. The van der Waals surface area contributed by atoms with Gasteiger partial charge in [-0.15, -0.1) is 0 Å². The van der Waals surface area contributed by atoms with Crippen LogP contribution in [0.15, 0.2) is 35.5 Å². The van der Waals surface area contributed by atoms with E-state index in [1.165, 1.54) is 6.92 Å². The highest BCUT2D eigenvalue weighted by Gasteiger charge is 2.47. The predicted molar refractivity (Wildman–Crippen MR) is 108 cm³/mol. The fourth-order valence-electron chi connectivity index (χ4n) is 4.01. The van der Waals surface area contributed by atoms with E-state index in [4.69, 9.17) is 18.9 Å². The van der Waals surface area contributed by atoms with E-state index in [2.05, 4.69) is 13.5 Å². The third-order valence-corrected chi connectivity index (χ3v) is 5.62. The Morgan fingerprint density at radius 3 is 2.55 bits per heavy atom. The van der Waals surface area contributed by atoms with Crippen molar-refractivity contribution in [2.45, 2.75) is 70.7 Å². The molecule has 168 valence electrons. The van der Waals surface area contributed by atoms with Crippen molar-refractivity contribution in [1.29, 1.82) is 0 Å². The van der Waals surface area contributed by atoms with Crippen LogP contribution in [-0.2, 0) is 38.1 Å². The molecule has 1 aliphatic carbocycles. The number of esters is 4. The topological polar surface area (TPSA) is 105 Å². The van der Waals surface area contributed by atoms with E-state index in [1.807, 2.05) is 0 Å². The van der Waals surface area contributed by atoms with E-state index in [9.17, 15) is 19.2 Å². The van der Waals surface area contributed by atoms with Crippen molar-refractivity contribution >= 4 is 23.9 Å². The first kappa shape index (κ1) is 22.8. The minimum Gasteiger partial charge on any atom is -0.461 e. The summed E-state index contributed by atoms with van der Waals surface area (Å²) in [6, 6.07) is 0. The molecular formula is C23H28O8. The lowest BCUT2D eigenvalue weighted by molar-refractivity contribution is -0.148. The molecule has 8 heteroatoms. The number of rotatable bonds is 7. The van der Waals surface area contributed by atoms with E-state index >= 15 is 0 Å². The molecule has 2 heterocycles. The summed E-state index contributed by atoms with van der Waals surface area (Å²) in [5, 5.41) is 0. The van der Waals surface area contributed by atoms with Crippen LogP contribution in [-0.4, -0.2) is 48.8 Å². The number of fused-ring (bicyclic) bond motifs is 3. The Kier molecular flexibility index (Phi) is 7.30. The quantitative estimate of drug-likeness (QED) is 0.199. The number of ether oxygens (including phenoxy) is 4. The molecule has 3 rings (SSSR count). The number of unbranched alkanes of at least 4 members (excludes halogenated alkanes) is 2. The van der Waals surface area contributed by atoms with Crippen LogP contribution in [0.4, 0.5) is 0 Å². The van der Waals surface area contributed by atoms with Crippen molar-refractivity contribution < 1.29 is 38.1 Å². The Hall–Kier alpha value is -2.90. The monoisotopic (exact) mass is 432 g/mol. The van der Waals surface area contributed by atoms with E-state index in [0.717, 1.165) is 19.3 Å². The first-order chi connectivity index (χ1) is 14.8. The van der Waals surface area contributed by atoms with Crippen LogP contribution in [0.25, 0.3) is 0 Å². The SMILES string of the molecule is C=C1C(=O)OC2/C=C(/COC(=O)CCCCC)CCC(OC(C)=O)C3=CC(OC3=O)C12. The van der Waals surface area contributed by atoms with Crippen molar-refractivity contribution in [2.24, 2.45) is 5.92 Å². The molecule has 3 aliphatic rings. The van der Waals surface area contributed by atoms with Gasteiger partial charge in [0.05, 0.1) is 11.5 Å². The highest BCUT2D eigenvalue weighted by Crippen LogP contribution is 2.38. The van der Waals surface area contributed by atoms with Crippen molar-refractivity contribution in [3.05, 3.63) is 35.5 Å². The fraction of sp³-hybridized carbons (Fsp3) is 0.565. The highest BCUT2D eigenvalue weighted by atomic mass is 16.6. The predicted octanol–water partition coefficient (Wildman–Crippen LogP) is 2.71. The Morgan fingerprint density at radius 1 is 1.13 bits per heavy atom. The summed E-state index contributed by atoms with van der Waals surface area (Å²) in [5.41, 5.74) is 1.16. The van der Waals surface area contributed by atoms with Gasteiger partial charge < -0.3 is 18.9 Å². The molecule has 2 bridgehead atoms. The summed E-state index contributed by atoms with van der Waals surface area (Å²) in [7, 11) is 0. The molecule has 1 fully saturated rings. The van der Waals surface area contributed by atoms with Crippen LogP contribution in [0, 0.1) is 5.92 Å². The largest absolute Gasteiger partial charge is 0.461 e. The van der Waals surface area contributed by atoms with Crippen LogP contribution >= 0.6 is 0 Å². The van der Waals surface area contributed by atoms with E-state index in [0.29, 0.717) is 24.8 Å². The maximum absolute atomic E-state index is 12.5. The molecule has 0 amide bonds. The van der Waals surface area contributed by atoms with E-state index in [-0.39, 0.29) is 23.7 Å². The Labute approximate surface area is 181 Å². The molecule has 31 heavy (non-hydrogen) atoms. The smallest absolute Gasteiger partial charge is 0.338 e. The molecule has 2 aliphatic heterocycles. The lowest BCUT2D eigenvalue weighted by Crippen LogP contribution is -2.28. The molecule has 8 nitrogen and oxygen atoms in total. The van der Waals surface area contributed by atoms with Gasteiger partial charge in [-0.2, -0.15) is 0 Å². The zero-order valence-electron chi connectivity index (χ0n) is 17.9. The summed E-state index contributed by atoms with van der Waals surface area (Å²) in [4.78, 5) is 48.2. The minimum absolute atomic E-state index is 0.0313. The number of hydrogen-bond acceptors (Lipinski definition) is 8. The summed E-state index contributed by atoms with van der Waals surface area (Å²) >= 11 is 0. The van der Waals surface area contributed by atoms with Crippen LogP contribution in [0.2, 0.25) is 0 Å². The normalized spacial score (nSPS) is 29.2. The summed E-state index contributed by atoms with van der Waals surface area (Å²) < 4.78 is 21.7. The molecule has 0 spiro atoms. The van der Waals surface area contributed by atoms with Crippen LogP contribution in [0.3, 0.4) is 0 Å². The molecule has 4 atom stereocenters. The zero-order chi connectivity index (χ0) is 22.5. The fourth-order valence-corrected chi connectivity index (χ4v) is 4.01. The Balaban J connectivity index is 1.82. The second-order valence-electron chi connectivity index (χ2n) is 7.99. The van der Waals surface area contributed by atoms with Gasteiger partial charge >= 0.3 is 23.9 Å². The van der Waals surface area contributed by atoms with Crippen molar-refractivity contribution in [3.8, 4) is 0 Å². The van der Waals surface area contributed by atoms with Gasteiger partial charge in [-0.05, 0) is 37.0 Å². The lowest BCUT2D eigenvalue weighted by atomic mass is 9.87. The van der Waals surface area contributed by atoms with E-state index < -0.39 is 42.1 Å². The Morgan fingerprint density at radius 2 is 1.84 bits per heavy atom. The maximum Gasteiger partial charge on any atom is 0.338 e. The second-order valence-corrected chi connectivity index (χ2v) is 7.99. The van der Waals surface area contributed by atoms with Gasteiger partial charge in [0.15, 0.2) is 0 Å². The minimum atomic E-state index is -0.790. The zero-order valence-corrected chi connectivity index (χ0v) is 17.9. The second kappa shape index (κ2) is 9.94. The number of carbonyl (C=O) groups is 4. The molecule has 4 unspecified atom stereocenters. The lowest BCUT2D eigenvalue weighted by Gasteiger charge is -2.22. The van der Waals surface area contributed by atoms with Gasteiger partial charge in [0.1, 0.15) is 24.9 Å². The van der Waals surface area contributed by atoms with Crippen molar-refractivity contribution in [2.75, 3.05) is 6.61 Å². The van der Waals surface area contributed by atoms with Crippen LogP contribution < -0.4 is 0 Å². The number of hydrogen-bond donors (Lipinski definition) is 0. The third kappa shape index (κ3) is 5.42. The van der Waals surface area contributed by atoms with Gasteiger partial charge in [-0.25, -0.2) is 9.59 Å². The highest BCUT2D eigenvalue weighted by molar-refractivity contribution is 5.94. The molecule has 1 saturated heterocycles. The Bertz CT molecular complexity index is 837. The first-order valence-corrected chi connectivity index (χ1v) is 10.6. The molecule has 0 saturated carbocycles. The first-order valence-electron chi connectivity index (χ1n) is 10.6. The van der Waals surface area contributed by atoms with Gasteiger partial charge in [-0.1, -0.05) is 26.3 Å². The van der Waals surface area contributed by atoms with Crippen molar-refractivity contribution in [3.63, 3.8) is 0 Å². The molecule has 0 aromatic carbocycles. The molecular weight excluding hydrogens is 404 g/mol. The summed E-state index contributed by atoms with van der Waals surface area (Å²) in [6.45, 7) is 7.16. The standard InChI is InChI=1S/C23H28O8/c1-4-5-6-7-20(25)28-12-15-8-9-17(29-14(3)24)16-11-19(31-23(16)27)21-13(2)22(26)30-18(21)10-15/h10-11,17-19,21H,2,4-9,12H2,1,3H3/b15-10+. The average Bonchev–Trinajstić information content (AvgIpc) is 3.21.